The Bertz CT molecular complexity index is 732. The van der Waals surface area contributed by atoms with E-state index in [0.717, 1.165) is 30.0 Å². The minimum atomic E-state index is -0.552. The number of benzene rings is 2. The van der Waals surface area contributed by atoms with E-state index in [2.05, 4.69) is 18.0 Å². The third kappa shape index (κ3) is 3.76. The van der Waals surface area contributed by atoms with E-state index in [1.54, 1.807) is 14.2 Å². The van der Waals surface area contributed by atoms with Crippen molar-refractivity contribution in [1.82, 2.24) is 4.90 Å². The number of nitrogens with zero attached hydrogens (tertiary/aromatic N) is 1. The molecule has 0 saturated carbocycles. The summed E-state index contributed by atoms with van der Waals surface area (Å²) in [5.41, 5.74) is 3.33. The molecule has 4 nitrogen and oxygen atoms in total. The second-order valence-electron chi connectivity index (χ2n) is 6.46. The standard InChI is InChI=1S/C20H24ClNO3/c1-22-9-8-14-10-19(24-2)20(25-3)11-16(14)17(22)12-18(23)13-4-6-15(21)7-5-13/h4-7,10-11,17-18,23H,8-9,12H2,1-3H3/t17-,18-/m0/s1. The van der Waals surface area contributed by atoms with E-state index in [-0.39, 0.29) is 6.04 Å². The molecule has 3 rings (SSSR count). The van der Waals surface area contributed by atoms with Gasteiger partial charge < -0.3 is 14.6 Å². The van der Waals surface area contributed by atoms with Gasteiger partial charge in [-0.3, -0.25) is 4.90 Å². The second kappa shape index (κ2) is 7.65. The Balaban J connectivity index is 1.90. The van der Waals surface area contributed by atoms with Gasteiger partial charge in [0.25, 0.3) is 0 Å². The van der Waals surface area contributed by atoms with Gasteiger partial charge in [0.15, 0.2) is 11.5 Å². The van der Waals surface area contributed by atoms with Crippen LogP contribution in [-0.2, 0) is 6.42 Å². The Labute approximate surface area is 153 Å². The van der Waals surface area contributed by atoms with E-state index < -0.39 is 6.10 Å². The minimum absolute atomic E-state index is 0.120. The number of fused-ring (bicyclic) bond motifs is 1. The molecule has 134 valence electrons. The van der Waals surface area contributed by atoms with Crippen molar-refractivity contribution in [3.8, 4) is 11.5 Å². The molecule has 5 heteroatoms. The van der Waals surface area contributed by atoms with Gasteiger partial charge >= 0.3 is 0 Å². The maximum atomic E-state index is 10.7. The van der Waals surface area contributed by atoms with Crippen molar-refractivity contribution in [2.24, 2.45) is 0 Å². The smallest absolute Gasteiger partial charge is 0.161 e. The molecule has 1 N–H and O–H groups in total. The number of hydrogen-bond donors (Lipinski definition) is 1. The topological polar surface area (TPSA) is 41.9 Å². The van der Waals surface area contributed by atoms with Crippen LogP contribution < -0.4 is 9.47 Å². The lowest BCUT2D eigenvalue weighted by molar-refractivity contribution is 0.109. The van der Waals surface area contributed by atoms with E-state index in [1.165, 1.54) is 11.1 Å². The number of methoxy groups -OCH3 is 2. The predicted molar refractivity (Wildman–Crippen MR) is 99.6 cm³/mol. The van der Waals surface area contributed by atoms with E-state index in [1.807, 2.05) is 30.3 Å². The first-order valence-corrected chi connectivity index (χ1v) is 8.79. The molecule has 1 aliphatic heterocycles. The van der Waals surface area contributed by atoms with Crippen molar-refractivity contribution in [3.05, 3.63) is 58.1 Å². The fourth-order valence-electron chi connectivity index (χ4n) is 3.49. The molecule has 0 spiro atoms. The molecular formula is C20H24ClNO3. The normalized spacial score (nSPS) is 18.5. The molecule has 0 unspecified atom stereocenters. The highest BCUT2D eigenvalue weighted by atomic mass is 35.5. The lowest BCUT2D eigenvalue weighted by atomic mass is 9.88. The molecule has 0 amide bonds. The number of hydrogen-bond acceptors (Lipinski definition) is 4. The summed E-state index contributed by atoms with van der Waals surface area (Å²) in [7, 11) is 5.40. The molecule has 1 heterocycles. The number of halogens is 1. The molecule has 0 aliphatic carbocycles. The molecule has 0 bridgehead atoms. The summed E-state index contributed by atoms with van der Waals surface area (Å²) in [6, 6.07) is 11.6. The molecular weight excluding hydrogens is 338 g/mol. The molecule has 2 aromatic carbocycles. The maximum absolute atomic E-state index is 10.7. The highest BCUT2D eigenvalue weighted by Gasteiger charge is 2.29. The quantitative estimate of drug-likeness (QED) is 0.873. The molecule has 1 aliphatic rings. The summed E-state index contributed by atoms with van der Waals surface area (Å²) in [5, 5.41) is 11.4. The van der Waals surface area contributed by atoms with Crippen molar-refractivity contribution in [3.63, 3.8) is 0 Å². The van der Waals surface area contributed by atoms with Crippen LogP contribution in [0.3, 0.4) is 0 Å². The fraction of sp³-hybridized carbons (Fsp3) is 0.400. The van der Waals surface area contributed by atoms with Gasteiger partial charge in [0.1, 0.15) is 0 Å². The van der Waals surface area contributed by atoms with Crippen molar-refractivity contribution >= 4 is 11.6 Å². The molecule has 0 radical (unpaired) electrons. The average Bonchev–Trinajstić information content (AvgIpc) is 2.63. The lowest BCUT2D eigenvalue weighted by Crippen LogP contribution is -2.33. The van der Waals surface area contributed by atoms with Crippen LogP contribution in [-0.4, -0.2) is 37.8 Å². The van der Waals surface area contributed by atoms with Gasteiger partial charge in [-0.05, 0) is 60.8 Å². The first-order valence-electron chi connectivity index (χ1n) is 8.42. The number of aliphatic hydroxyl groups is 1. The van der Waals surface area contributed by atoms with Crippen molar-refractivity contribution in [2.45, 2.75) is 25.0 Å². The van der Waals surface area contributed by atoms with Crippen LogP contribution in [0.25, 0.3) is 0 Å². The number of ether oxygens (including phenoxy) is 2. The monoisotopic (exact) mass is 361 g/mol. The average molecular weight is 362 g/mol. The Hall–Kier alpha value is -1.75. The maximum Gasteiger partial charge on any atom is 0.161 e. The van der Waals surface area contributed by atoms with Gasteiger partial charge in [-0.25, -0.2) is 0 Å². The van der Waals surface area contributed by atoms with Crippen LogP contribution in [0.2, 0.25) is 5.02 Å². The first kappa shape index (κ1) is 18.1. The van der Waals surface area contributed by atoms with Gasteiger partial charge in [-0.15, -0.1) is 0 Å². The number of rotatable bonds is 5. The third-order valence-corrected chi connectivity index (χ3v) is 5.22. The third-order valence-electron chi connectivity index (χ3n) is 4.97. The molecule has 2 atom stereocenters. The van der Waals surface area contributed by atoms with Crippen molar-refractivity contribution < 1.29 is 14.6 Å². The van der Waals surface area contributed by atoms with Crippen LogP contribution in [0.1, 0.15) is 35.3 Å². The summed E-state index contributed by atoms with van der Waals surface area (Å²) in [6.07, 6.45) is 1.02. The van der Waals surface area contributed by atoms with Crippen LogP contribution in [0.5, 0.6) is 11.5 Å². The van der Waals surface area contributed by atoms with Crippen LogP contribution in [0.4, 0.5) is 0 Å². The molecule has 2 aromatic rings. The Morgan fingerprint density at radius 3 is 2.44 bits per heavy atom. The Morgan fingerprint density at radius 1 is 1.16 bits per heavy atom. The Morgan fingerprint density at radius 2 is 1.80 bits per heavy atom. The lowest BCUT2D eigenvalue weighted by Gasteiger charge is -2.36. The SMILES string of the molecule is COc1cc2c(cc1OC)[C@H](C[C@H](O)c1ccc(Cl)cc1)N(C)CC2. The van der Waals surface area contributed by atoms with Gasteiger partial charge in [-0.2, -0.15) is 0 Å². The van der Waals surface area contributed by atoms with Crippen LogP contribution in [0, 0.1) is 0 Å². The molecule has 25 heavy (non-hydrogen) atoms. The summed E-state index contributed by atoms with van der Waals surface area (Å²) < 4.78 is 10.9. The minimum Gasteiger partial charge on any atom is -0.493 e. The van der Waals surface area contributed by atoms with E-state index in [9.17, 15) is 5.11 Å². The Kier molecular flexibility index (Phi) is 5.52. The predicted octanol–water partition coefficient (Wildman–Crippen LogP) is 4.01. The summed E-state index contributed by atoms with van der Waals surface area (Å²) in [6.45, 7) is 0.945. The van der Waals surface area contributed by atoms with Crippen molar-refractivity contribution in [2.75, 3.05) is 27.8 Å². The molecule has 0 aromatic heterocycles. The van der Waals surface area contributed by atoms with Gasteiger partial charge in [0.2, 0.25) is 0 Å². The van der Waals surface area contributed by atoms with E-state index >= 15 is 0 Å². The summed E-state index contributed by atoms with van der Waals surface area (Å²) in [5.74, 6) is 1.48. The zero-order chi connectivity index (χ0) is 18.0. The summed E-state index contributed by atoms with van der Waals surface area (Å²) >= 11 is 5.94. The fourth-order valence-corrected chi connectivity index (χ4v) is 3.62. The molecule has 0 fully saturated rings. The second-order valence-corrected chi connectivity index (χ2v) is 6.89. The van der Waals surface area contributed by atoms with Crippen LogP contribution in [0.15, 0.2) is 36.4 Å². The zero-order valence-corrected chi connectivity index (χ0v) is 15.6. The number of likely N-dealkylation sites (N-methyl/N-ethyl adjacent to an activating group) is 1. The first-order chi connectivity index (χ1) is 12.0. The van der Waals surface area contributed by atoms with Crippen LogP contribution >= 0.6 is 11.6 Å². The highest BCUT2D eigenvalue weighted by Crippen LogP contribution is 2.40. The van der Waals surface area contributed by atoms with Gasteiger partial charge in [0.05, 0.1) is 20.3 Å². The van der Waals surface area contributed by atoms with E-state index in [4.69, 9.17) is 21.1 Å². The summed E-state index contributed by atoms with van der Waals surface area (Å²) in [4.78, 5) is 2.29. The van der Waals surface area contributed by atoms with Gasteiger partial charge in [0, 0.05) is 17.6 Å². The van der Waals surface area contributed by atoms with E-state index in [0.29, 0.717) is 11.4 Å². The van der Waals surface area contributed by atoms with Crippen molar-refractivity contribution in [1.29, 1.82) is 0 Å². The van der Waals surface area contributed by atoms with Gasteiger partial charge in [-0.1, -0.05) is 23.7 Å². The number of aliphatic hydroxyl groups excluding tert-OH is 1. The largest absolute Gasteiger partial charge is 0.493 e. The zero-order valence-electron chi connectivity index (χ0n) is 14.8. The molecule has 0 saturated heterocycles. The highest BCUT2D eigenvalue weighted by molar-refractivity contribution is 6.30.